The molecule has 1 atom stereocenters. The molecular formula is C17H15Cl2FN2O. The Morgan fingerprint density at radius 1 is 1.22 bits per heavy atom. The molecule has 0 unspecified atom stereocenters. The van der Waals surface area contributed by atoms with Gasteiger partial charge >= 0.3 is 6.03 Å². The number of amides is 2. The van der Waals surface area contributed by atoms with E-state index in [0.717, 1.165) is 24.1 Å². The lowest BCUT2D eigenvalue weighted by atomic mass is 9.97. The molecule has 2 amide bonds. The number of benzene rings is 2. The van der Waals surface area contributed by atoms with Crippen molar-refractivity contribution in [3.63, 3.8) is 0 Å². The maximum atomic E-state index is 13.4. The Labute approximate surface area is 144 Å². The number of aryl methyl sites for hydroxylation is 1. The number of carbonyl (C=O) groups excluding carboxylic acids is 1. The van der Waals surface area contributed by atoms with Gasteiger partial charge in [-0.25, -0.2) is 9.18 Å². The third-order valence-electron chi connectivity index (χ3n) is 3.96. The summed E-state index contributed by atoms with van der Waals surface area (Å²) < 4.78 is 13.4. The van der Waals surface area contributed by atoms with Gasteiger partial charge in [-0.2, -0.15) is 0 Å². The van der Waals surface area contributed by atoms with Gasteiger partial charge in [-0.1, -0.05) is 23.2 Å². The molecule has 0 radical (unpaired) electrons. The van der Waals surface area contributed by atoms with Crippen molar-refractivity contribution in [1.29, 1.82) is 0 Å². The van der Waals surface area contributed by atoms with Crippen molar-refractivity contribution in [3.05, 3.63) is 57.8 Å². The van der Waals surface area contributed by atoms with Gasteiger partial charge in [-0.3, -0.25) is 4.90 Å². The molecule has 23 heavy (non-hydrogen) atoms. The van der Waals surface area contributed by atoms with E-state index in [9.17, 15) is 9.18 Å². The molecule has 1 heterocycles. The van der Waals surface area contributed by atoms with Crippen LogP contribution < -0.4 is 10.2 Å². The van der Waals surface area contributed by atoms with E-state index in [0.29, 0.717) is 15.7 Å². The number of nitrogens with zero attached hydrogens (tertiary/aromatic N) is 1. The lowest BCUT2D eigenvalue weighted by molar-refractivity contribution is 0.254. The van der Waals surface area contributed by atoms with Gasteiger partial charge in [0.25, 0.3) is 0 Å². The van der Waals surface area contributed by atoms with E-state index in [1.54, 1.807) is 29.2 Å². The van der Waals surface area contributed by atoms with E-state index in [1.807, 2.05) is 6.92 Å². The van der Waals surface area contributed by atoms with Gasteiger partial charge in [-0.15, -0.1) is 0 Å². The minimum absolute atomic E-state index is 0.0238. The van der Waals surface area contributed by atoms with Gasteiger partial charge in [0.1, 0.15) is 5.82 Å². The second kappa shape index (κ2) is 6.38. The number of nitrogens with one attached hydrogen (secondary N) is 1. The summed E-state index contributed by atoms with van der Waals surface area (Å²) in [6.07, 6.45) is 1.54. The predicted molar refractivity (Wildman–Crippen MR) is 92.1 cm³/mol. The standard InChI is InChI=1S/C17H15Cl2FN2O/c1-10-2-3-11-8-12(20)4-7-16(11)22(10)17(23)21-13-5-6-14(18)15(19)9-13/h4-10H,2-3H2,1H3,(H,21,23)/t10-/m1/s1. The first-order valence-corrected chi connectivity index (χ1v) is 8.05. The summed E-state index contributed by atoms with van der Waals surface area (Å²) in [4.78, 5) is 14.3. The van der Waals surface area contributed by atoms with Crippen LogP contribution in [0.1, 0.15) is 18.9 Å². The first-order chi connectivity index (χ1) is 11.0. The summed E-state index contributed by atoms with van der Waals surface area (Å²) in [5.74, 6) is -0.289. The fraction of sp³-hybridized carbons (Fsp3) is 0.235. The summed E-state index contributed by atoms with van der Waals surface area (Å²) >= 11 is 11.9. The monoisotopic (exact) mass is 352 g/mol. The van der Waals surface area contributed by atoms with E-state index < -0.39 is 0 Å². The first kappa shape index (κ1) is 16.1. The van der Waals surface area contributed by atoms with Crippen LogP contribution in [0.15, 0.2) is 36.4 Å². The summed E-state index contributed by atoms with van der Waals surface area (Å²) in [6.45, 7) is 1.97. The maximum Gasteiger partial charge on any atom is 0.326 e. The fourth-order valence-corrected chi connectivity index (χ4v) is 3.09. The second-order valence-electron chi connectivity index (χ2n) is 5.59. The number of halogens is 3. The van der Waals surface area contributed by atoms with Gasteiger partial charge in [0.05, 0.1) is 10.0 Å². The summed E-state index contributed by atoms with van der Waals surface area (Å²) in [6, 6.07) is 9.17. The van der Waals surface area contributed by atoms with Gasteiger partial charge in [0, 0.05) is 17.4 Å². The predicted octanol–water partition coefficient (Wildman–Crippen LogP) is 5.51. The van der Waals surface area contributed by atoms with Crippen molar-refractivity contribution in [2.45, 2.75) is 25.8 Å². The molecule has 2 aromatic carbocycles. The van der Waals surface area contributed by atoms with Crippen LogP contribution in [0.5, 0.6) is 0 Å². The largest absolute Gasteiger partial charge is 0.326 e. The summed E-state index contributed by atoms with van der Waals surface area (Å²) in [5.41, 5.74) is 2.14. The maximum absolute atomic E-state index is 13.4. The van der Waals surface area contributed by atoms with Crippen LogP contribution in [0.4, 0.5) is 20.6 Å². The molecule has 1 N–H and O–H groups in total. The number of anilines is 2. The van der Waals surface area contributed by atoms with Crippen LogP contribution in [0.2, 0.25) is 10.0 Å². The Morgan fingerprint density at radius 2 is 2.00 bits per heavy atom. The van der Waals surface area contributed by atoms with E-state index in [4.69, 9.17) is 23.2 Å². The minimum atomic E-state index is -0.289. The smallest absolute Gasteiger partial charge is 0.307 e. The van der Waals surface area contributed by atoms with Gasteiger partial charge in [0.2, 0.25) is 0 Å². The Kier molecular flexibility index (Phi) is 4.46. The molecular weight excluding hydrogens is 338 g/mol. The third-order valence-corrected chi connectivity index (χ3v) is 4.70. The van der Waals surface area contributed by atoms with Gasteiger partial charge < -0.3 is 5.32 Å². The lowest BCUT2D eigenvalue weighted by Crippen LogP contribution is -2.44. The van der Waals surface area contributed by atoms with Crippen LogP contribution in [-0.4, -0.2) is 12.1 Å². The Hall–Kier alpha value is -1.78. The van der Waals surface area contributed by atoms with Crippen molar-refractivity contribution in [3.8, 4) is 0 Å². The Balaban J connectivity index is 1.88. The van der Waals surface area contributed by atoms with Crippen molar-refractivity contribution in [2.75, 3.05) is 10.2 Å². The van der Waals surface area contributed by atoms with Crippen molar-refractivity contribution >= 4 is 40.6 Å². The number of hydrogen-bond acceptors (Lipinski definition) is 1. The number of hydrogen-bond donors (Lipinski definition) is 1. The van der Waals surface area contributed by atoms with Gasteiger partial charge in [-0.05, 0) is 61.7 Å². The molecule has 3 nitrogen and oxygen atoms in total. The topological polar surface area (TPSA) is 32.3 Å². The lowest BCUT2D eigenvalue weighted by Gasteiger charge is -2.35. The molecule has 1 aliphatic rings. The highest BCUT2D eigenvalue weighted by atomic mass is 35.5. The summed E-state index contributed by atoms with van der Waals surface area (Å²) in [7, 11) is 0. The number of carbonyl (C=O) groups is 1. The zero-order valence-electron chi connectivity index (χ0n) is 12.4. The van der Waals surface area contributed by atoms with E-state index >= 15 is 0 Å². The molecule has 0 aliphatic carbocycles. The molecule has 3 rings (SSSR count). The highest BCUT2D eigenvalue weighted by Crippen LogP contribution is 2.32. The zero-order chi connectivity index (χ0) is 16.6. The van der Waals surface area contributed by atoms with Crippen molar-refractivity contribution < 1.29 is 9.18 Å². The van der Waals surface area contributed by atoms with Gasteiger partial charge in [0.15, 0.2) is 0 Å². The van der Waals surface area contributed by atoms with Crippen LogP contribution in [0.25, 0.3) is 0 Å². The van der Waals surface area contributed by atoms with Crippen LogP contribution in [-0.2, 0) is 6.42 Å². The SMILES string of the molecule is C[C@@H]1CCc2cc(F)ccc2N1C(=O)Nc1ccc(Cl)c(Cl)c1. The normalized spacial score (nSPS) is 16.9. The van der Waals surface area contributed by atoms with Crippen LogP contribution in [0, 0.1) is 5.82 Å². The Morgan fingerprint density at radius 3 is 2.74 bits per heavy atom. The van der Waals surface area contributed by atoms with Crippen molar-refractivity contribution in [1.82, 2.24) is 0 Å². The van der Waals surface area contributed by atoms with Crippen LogP contribution >= 0.6 is 23.2 Å². The third kappa shape index (κ3) is 3.28. The Bertz CT molecular complexity index is 766. The molecule has 0 bridgehead atoms. The number of fused-ring (bicyclic) bond motifs is 1. The van der Waals surface area contributed by atoms with E-state index in [1.165, 1.54) is 12.1 Å². The fourth-order valence-electron chi connectivity index (χ4n) is 2.79. The quantitative estimate of drug-likeness (QED) is 0.721. The molecule has 120 valence electrons. The number of rotatable bonds is 1. The van der Waals surface area contributed by atoms with Crippen LogP contribution in [0.3, 0.4) is 0 Å². The van der Waals surface area contributed by atoms with E-state index in [2.05, 4.69) is 5.32 Å². The zero-order valence-corrected chi connectivity index (χ0v) is 14.0. The molecule has 0 saturated carbocycles. The van der Waals surface area contributed by atoms with E-state index in [-0.39, 0.29) is 17.9 Å². The van der Waals surface area contributed by atoms with Crippen molar-refractivity contribution in [2.24, 2.45) is 0 Å². The summed E-state index contributed by atoms with van der Waals surface area (Å²) in [5, 5.41) is 3.62. The average Bonchev–Trinajstić information content (AvgIpc) is 2.51. The first-order valence-electron chi connectivity index (χ1n) is 7.29. The second-order valence-corrected chi connectivity index (χ2v) is 6.40. The minimum Gasteiger partial charge on any atom is -0.307 e. The molecule has 0 spiro atoms. The molecule has 1 aliphatic heterocycles. The molecule has 0 fully saturated rings. The highest BCUT2D eigenvalue weighted by Gasteiger charge is 2.28. The molecule has 6 heteroatoms. The molecule has 0 aromatic heterocycles. The number of urea groups is 1. The molecule has 2 aromatic rings. The highest BCUT2D eigenvalue weighted by molar-refractivity contribution is 6.42. The molecule has 0 saturated heterocycles. The average molecular weight is 353 g/mol.